The summed E-state index contributed by atoms with van der Waals surface area (Å²) in [7, 11) is -3.94. The lowest BCUT2D eigenvalue weighted by Gasteiger charge is -2.17. The Morgan fingerprint density at radius 2 is 1.83 bits per heavy atom. The molecule has 8 heteroatoms. The summed E-state index contributed by atoms with van der Waals surface area (Å²) in [5.74, 6) is -1.42. The first kappa shape index (κ1) is 15.9. The highest BCUT2D eigenvalue weighted by Crippen LogP contribution is 2.32. The van der Waals surface area contributed by atoms with Gasteiger partial charge in [-0.3, -0.25) is 9.59 Å². The van der Waals surface area contributed by atoms with E-state index in [9.17, 15) is 18.0 Å². The van der Waals surface area contributed by atoms with Crippen LogP contribution in [0.25, 0.3) is 0 Å². The number of nitrogens with zero attached hydrogens (tertiary/aromatic N) is 1. The standard InChI is InChI=1S/C15H11BrN2O4S/c16-10-3-1-2-9(6-10)8-18-13-5-4-11(23(17,21)22)7-12(13)14(19)15(18)20/h1-7H,8H2,(H2,17,21,22). The molecular weight excluding hydrogens is 384 g/mol. The van der Waals surface area contributed by atoms with Crippen molar-refractivity contribution in [1.82, 2.24) is 0 Å². The summed E-state index contributed by atoms with van der Waals surface area (Å²) in [5, 5.41) is 5.06. The van der Waals surface area contributed by atoms with Crippen molar-refractivity contribution in [2.45, 2.75) is 11.4 Å². The first-order valence-corrected chi connectivity index (χ1v) is 8.89. The molecule has 6 nitrogen and oxygen atoms in total. The highest BCUT2D eigenvalue weighted by molar-refractivity contribution is 9.10. The van der Waals surface area contributed by atoms with E-state index in [2.05, 4.69) is 15.9 Å². The molecule has 0 bridgehead atoms. The monoisotopic (exact) mass is 394 g/mol. The predicted molar refractivity (Wildman–Crippen MR) is 87.5 cm³/mol. The minimum atomic E-state index is -3.94. The van der Waals surface area contributed by atoms with Gasteiger partial charge in [0.15, 0.2) is 0 Å². The van der Waals surface area contributed by atoms with Gasteiger partial charge in [-0.1, -0.05) is 28.1 Å². The molecule has 2 aromatic rings. The lowest BCUT2D eigenvalue weighted by molar-refractivity contribution is -0.114. The molecule has 118 valence electrons. The van der Waals surface area contributed by atoms with Gasteiger partial charge in [0.2, 0.25) is 10.0 Å². The van der Waals surface area contributed by atoms with Crippen molar-refractivity contribution in [3.63, 3.8) is 0 Å². The lowest BCUT2D eigenvalue weighted by atomic mass is 10.1. The van der Waals surface area contributed by atoms with Crippen LogP contribution in [0.2, 0.25) is 0 Å². The number of carbonyl (C=O) groups is 2. The van der Waals surface area contributed by atoms with Crippen molar-refractivity contribution >= 4 is 43.3 Å². The minimum absolute atomic E-state index is 0.0523. The Hall–Kier alpha value is -2.03. The number of hydrogen-bond acceptors (Lipinski definition) is 4. The van der Waals surface area contributed by atoms with Crippen LogP contribution in [0.1, 0.15) is 15.9 Å². The van der Waals surface area contributed by atoms with Gasteiger partial charge in [-0.05, 0) is 35.9 Å². The second-order valence-electron chi connectivity index (χ2n) is 5.07. The van der Waals surface area contributed by atoms with Crippen LogP contribution in [-0.2, 0) is 21.4 Å². The second-order valence-corrected chi connectivity index (χ2v) is 7.55. The molecule has 1 heterocycles. The minimum Gasteiger partial charge on any atom is -0.300 e. The molecule has 0 radical (unpaired) electrons. The average molecular weight is 395 g/mol. The van der Waals surface area contributed by atoms with Gasteiger partial charge >= 0.3 is 0 Å². The van der Waals surface area contributed by atoms with Crippen molar-refractivity contribution < 1.29 is 18.0 Å². The molecule has 0 atom stereocenters. The van der Waals surface area contributed by atoms with E-state index in [0.29, 0.717) is 5.69 Å². The fraction of sp³-hybridized carbons (Fsp3) is 0.0667. The largest absolute Gasteiger partial charge is 0.300 e. The van der Waals surface area contributed by atoms with E-state index in [0.717, 1.165) is 16.1 Å². The van der Waals surface area contributed by atoms with Crippen LogP contribution >= 0.6 is 15.9 Å². The fourth-order valence-corrected chi connectivity index (χ4v) is 3.42. The Bertz CT molecular complexity index is 940. The van der Waals surface area contributed by atoms with E-state index in [-0.39, 0.29) is 17.0 Å². The Labute approximate surface area is 141 Å². The van der Waals surface area contributed by atoms with Crippen LogP contribution in [0.3, 0.4) is 0 Å². The summed E-state index contributed by atoms with van der Waals surface area (Å²) in [4.78, 5) is 25.4. The molecule has 0 aliphatic carbocycles. The SMILES string of the molecule is NS(=O)(=O)c1ccc2c(c1)C(=O)C(=O)N2Cc1cccc(Br)c1. The number of fused-ring (bicyclic) bond motifs is 1. The lowest BCUT2D eigenvalue weighted by Crippen LogP contribution is -2.29. The first-order valence-electron chi connectivity index (χ1n) is 6.55. The molecule has 2 N–H and O–H groups in total. The normalized spacial score (nSPS) is 14.3. The van der Waals surface area contributed by atoms with E-state index < -0.39 is 21.7 Å². The number of sulfonamides is 1. The van der Waals surface area contributed by atoms with Crippen LogP contribution in [0.5, 0.6) is 0 Å². The maximum Gasteiger partial charge on any atom is 0.299 e. The molecule has 0 fully saturated rings. The van der Waals surface area contributed by atoms with Crippen molar-refractivity contribution in [2.24, 2.45) is 5.14 Å². The van der Waals surface area contributed by atoms with Crippen LogP contribution < -0.4 is 10.0 Å². The van der Waals surface area contributed by atoms with Crippen LogP contribution in [0.15, 0.2) is 51.8 Å². The first-order chi connectivity index (χ1) is 10.8. The molecule has 0 spiro atoms. The van der Waals surface area contributed by atoms with E-state index in [1.165, 1.54) is 17.0 Å². The topological polar surface area (TPSA) is 97.5 Å². The summed E-state index contributed by atoms with van der Waals surface area (Å²) in [5.41, 5.74) is 1.27. The van der Waals surface area contributed by atoms with Crippen molar-refractivity contribution in [2.75, 3.05) is 4.90 Å². The average Bonchev–Trinajstić information content (AvgIpc) is 2.71. The summed E-state index contributed by atoms with van der Waals surface area (Å²) in [6, 6.07) is 11.2. The number of primary sulfonamides is 1. The number of ketones is 1. The van der Waals surface area contributed by atoms with Gasteiger partial charge in [0.05, 0.1) is 22.7 Å². The Morgan fingerprint density at radius 3 is 2.48 bits per heavy atom. The fourth-order valence-electron chi connectivity index (χ4n) is 2.43. The number of carbonyl (C=O) groups excluding carboxylic acids is 2. The molecular formula is C15H11BrN2O4S. The van der Waals surface area contributed by atoms with Gasteiger partial charge < -0.3 is 4.90 Å². The number of anilines is 1. The van der Waals surface area contributed by atoms with Crippen molar-refractivity contribution in [1.29, 1.82) is 0 Å². The van der Waals surface area contributed by atoms with Gasteiger partial charge in [0, 0.05) is 4.47 Å². The molecule has 2 aromatic carbocycles. The second kappa shape index (κ2) is 5.55. The molecule has 23 heavy (non-hydrogen) atoms. The number of hydrogen-bond donors (Lipinski definition) is 1. The third-order valence-electron chi connectivity index (χ3n) is 3.50. The zero-order valence-corrected chi connectivity index (χ0v) is 14.1. The van der Waals surface area contributed by atoms with Gasteiger partial charge in [0.25, 0.3) is 11.7 Å². The molecule has 1 amide bonds. The van der Waals surface area contributed by atoms with Crippen molar-refractivity contribution in [3.8, 4) is 0 Å². The van der Waals surface area contributed by atoms with E-state index in [4.69, 9.17) is 5.14 Å². The molecule has 3 rings (SSSR count). The Morgan fingerprint density at radius 1 is 1.09 bits per heavy atom. The van der Waals surface area contributed by atoms with Crippen LogP contribution in [0, 0.1) is 0 Å². The van der Waals surface area contributed by atoms with Gasteiger partial charge in [0.1, 0.15) is 0 Å². The molecule has 0 saturated carbocycles. The highest BCUT2D eigenvalue weighted by atomic mass is 79.9. The zero-order chi connectivity index (χ0) is 16.8. The Balaban J connectivity index is 2.03. The molecule has 0 aromatic heterocycles. The maximum atomic E-state index is 12.2. The molecule has 1 aliphatic heterocycles. The number of amides is 1. The van der Waals surface area contributed by atoms with Crippen LogP contribution in [-0.4, -0.2) is 20.1 Å². The highest BCUT2D eigenvalue weighted by Gasteiger charge is 2.36. The predicted octanol–water partition coefficient (Wildman–Crippen LogP) is 1.83. The van der Waals surface area contributed by atoms with E-state index in [1.807, 2.05) is 24.3 Å². The van der Waals surface area contributed by atoms with Gasteiger partial charge in [-0.25, -0.2) is 13.6 Å². The summed E-state index contributed by atoms with van der Waals surface area (Å²) < 4.78 is 23.6. The maximum absolute atomic E-state index is 12.2. The van der Waals surface area contributed by atoms with E-state index in [1.54, 1.807) is 0 Å². The van der Waals surface area contributed by atoms with Gasteiger partial charge in [-0.2, -0.15) is 0 Å². The van der Waals surface area contributed by atoms with E-state index >= 15 is 0 Å². The quantitative estimate of drug-likeness (QED) is 0.802. The smallest absolute Gasteiger partial charge is 0.299 e. The summed E-state index contributed by atoms with van der Waals surface area (Å²) in [6.07, 6.45) is 0. The Kier molecular flexibility index (Phi) is 3.83. The number of Topliss-reactive ketones (excluding diaryl/α,β-unsaturated/α-hetero) is 1. The number of rotatable bonds is 3. The molecule has 0 saturated heterocycles. The number of benzene rings is 2. The summed E-state index contributed by atoms with van der Waals surface area (Å²) in [6.45, 7) is 0.214. The van der Waals surface area contributed by atoms with Gasteiger partial charge in [-0.15, -0.1) is 0 Å². The third kappa shape index (κ3) is 2.92. The third-order valence-corrected chi connectivity index (χ3v) is 4.91. The van der Waals surface area contributed by atoms with Crippen molar-refractivity contribution in [3.05, 3.63) is 58.1 Å². The molecule has 1 aliphatic rings. The van der Waals surface area contributed by atoms with Crippen LogP contribution in [0.4, 0.5) is 5.69 Å². The number of halogens is 1. The number of nitrogens with two attached hydrogens (primary N) is 1. The zero-order valence-electron chi connectivity index (χ0n) is 11.7. The molecule has 0 unspecified atom stereocenters. The summed E-state index contributed by atoms with van der Waals surface area (Å²) >= 11 is 3.35.